The van der Waals surface area contributed by atoms with Crippen molar-refractivity contribution in [3.8, 4) is 5.75 Å². The summed E-state index contributed by atoms with van der Waals surface area (Å²) >= 11 is 0. The Labute approximate surface area is 228 Å². The number of hydrogen-bond donors (Lipinski definition) is 1. The molecule has 2 aliphatic heterocycles. The van der Waals surface area contributed by atoms with Crippen molar-refractivity contribution < 1.29 is 22.7 Å². The van der Waals surface area contributed by atoms with Gasteiger partial charge in [-0.05, 0) is 69.4 Å². The summed E-state index contributed by atoms with van der Waals surface area (Å²) in [5.41, 5.74) is 2.54. The summed E-state index contributed by atoms with van der Waals surface area (Å²) in [6.45, 7) is 6.54. The van der Waals surface area contributed by atoms with Crippen LogP contribution in [0.25, 0.3) is 11.0 Å². The zero-order valence-corrected chi connectivity index (χ0v) is 22.8. The van der Waals surface area contributed by atoms with Crippen LogP contribution in [-0.4, -0.2) is 70.4 Å². The summed E-state index contributed by atoms with van der Waals surface area (Å²) in [5, 5.41) is 2.99. The second kappa shape index (κ2) is 11.2. The van der Waals surface area contributed by atoms with E-state index in [0.29, 0.717) is 54.2 Å². The SMILES string of the molecule is C=CC(=O)N1CCCC[C@@H](n2c(NC(=O)c3ccnc(C)c3)nc3cccc(OC4CCS(=O)(=O)CC4)c32)C1. The molecule has 0 aliphatic carbocycles. The van der Waals surface area contributed by atoms with Gasteiger partial charge in [0.15, 0.2) is 9.84 Å². The van der Waals surface area contributed by atoms with Gasteiger partial charge in [-0.2, -0.15) is 0 Å². The first-order valence-electron chi connectivity index (χ1n) is 13.3. The number of pyridine rings is 1. The number of aryl methyl sites for hydroxylation is 1. The summed E-state index contributed by atoms with van der Waals surface area (Å²) in [6.07, 6.45) is 6.05. The molecule has 2 amide bonds. The van der Waals surface area contributed by atoms with Crippen LogP contribution in [0.15, 0.2) is 49.2 Å². The maximum Gasteiger partial charge on any atom is 0.258 e. The second-order valence-electron chi connectivity index (χ2n) is 10.2. The van der Waals surface area contributed by atoms with Crippen molar-refractivity contribution in [2.45, 2.75) is 51.2 Å². The van der Waals surface area contributed by atoms with Crippen molar-refractivity contribution in [3.05, 3.63) is 60.4 Å². The van der Waals surface area contributed by atoms with Crippen molar-refractivity contribution in [2.24, 2.45) is 0 Å². The lowest BCUT2D eigenvalue weighted by atomic mass is 10.1. The topological polar surface area (TPSA) is 123 Å². The Morgan fingerprint density at radius 1 is 1.15 bits per heavy atom. The Kier molecular flexibility index (Phi) is 7.69. The van der Waals surface area contributed by atoms with Crippen molar-refractivity contribution in [1.82, 2.24) is 19.4 Å². The first kappa shape index (κ1) is 26.9. The van der Waals surface area contributed by atoms with Gasteiger partial charge < -0.3 is 14.2 Å². The highest BCUT2D eigenvalue weighted by atomic mass is 32.2. The number of carbonyl (C=O) groups excluding carboxylic acids is 2. The van der Waals surface area contributed by atoms with E-state index in [-0.39, 0.29) is 35.5 Å². The highest BCUT2D eigenvalue weighted by molar-refractivity contribution is 7.91. The van der Waals surface area contributed by atoms with Crippen molar-refractivity contribution >= 4 is 38.6 Å². The monoisotopic (exact) mass is 551 g/mol. The Morgan fingerprint density at radius 2 is 1.95 bits per heavy atom. The molecule has 3 aromatic rings. The number of benzene rings is 1. The first-order valence-corrected chi connectivity index (χ1v) is 15.1. The third kappa shape index (κ3) is 5.98. The molecule has 1 atom stereocenters. The molecule has 2 aliphatic rings. The van der Waals surface area contributed by atoms with Crippen LogP contribution < -0.4 is 10.1 Å². The minimum absolute atomic E-state index is 0.0980. The van der Waals surface area contributed by atoms with E-state index in [9.17, 15) is 18.0 Å². The molecular formula is C28H33N5O5S. The number of amides is 2. The van der Waals surface area contributed by atoms with Crippen LogP contribution in [0, 0.1) is 6.92 Å². The lowest BCUT2D eigenvalue weighted by molar-refractivity contribution is -0.126. The zero-order chi connectivity index (χ0) is 27.6. The number of anilines is 1. The van der Waals surface area contributed by atoms with E-state index < -0.39 is 9.84 Å². The van der Waals surface area contributed by atoms with Crippen LogP contribution in [0.3, 0.4) is 0 Å². The second-order valence-corrected chi connectivity index (χ2v) is 12.5. The van der Waals surface area contributed by atoms with Gasteiger partial charge in [-0.25, -0.2) is 13.4 Å². The van der Waals surface area contributed by atoms with Crippen LogP contribution in [0.4, 0.5) is 5.95 Å². The molecule has 0 saturated carbocycles. The Balaban J connectivity index is 1.56. The number of hydrogen-bond acceptors (Lipinski definition) is 7. The Bertz CT molecular complexity index is 1500. The van der Waals surface area contributed by atoms with Gasteiger partial charge in [0.2, 0.25) is 11.9 Å². The standard InChI is InChI=1S/C28H33N5O5S/c1-3-25(34)32-14-5-4-7-21(18-32)33-26-23(30-28(33)31-27(35)20-10-13-29-19(2)17-20)8-6-9-24(26)38-22-11-15-39(36,37)16-12-22/h3,6,8-10,13,17,21-22H,1,4-5,7,11-12,14-16,18H2,2H3,(H,30,31,35)/t21-/m1/s1. The normalized spacial score (nSPS) is 19.8. The van der Waals surface area contributed by atoms with Crippen LogP contribution in [0.2, 0.25) is 0 Å². The van der Waals surface area contributed by atoms with E-state index in [1.54, 1.807) is 23.2 Å². The molecule has 0 unspecified atom stereocenters. The average molecular weight is 552 g/mol. The molecule has 2 saturated heterocycles. The van der Waals surface area contributed by atoms with E-state index in [1.807, 2.05) is 29.7 Å². The zero-order valence-electron chi connectivity index (χ0n) is 22.0. The highest BCUT2D eigenvalue weighted by Crippen LogP contribution is 2.36. The van der Waals surface area contributed by atoms with Crippen LogP contribution in [0.1, 0.15) is 54.2 Å². The summed E-state index contributed by atoms with van der Waals surface area (Å²) in [6, 6.07) is 8.74. The van der Waals surface area contributed by atoms with Gasteiger partial charge in [-0.15, -0.1) is 0 Å². The van der Waals surface area contributed by atoms with E-state index in [0.717, 1.165) is 25.0 Å². The molecule has 10 nitrogen and oxygen atoms in total. The molecular weight excluding hydrogens is 518 g/mol. The van der Waals surface area contributed by atoms with E-state index in [4.69, 9.17) is 9.72 Å². The van der Waals surface area contributed by atoms with Crippen LogP contribution in [0.5, 0.6) is 5.75 Å². The number of sulfone groups is 1. The lowest BCUT2D eigenvalue weighted by Gasteiger charge is -2.27. The lowest BCUT2D eigenvalue weighted by Crippen LogP contribution is -2.34. The third-order valence-corrected chi connectivity index (χ3v) is 9.07. The minimum Gasteiger partial charge on any atom is -0.488 e. The van der Waals surface area contributed by atoms with E-state index in [2.05, 4.69) is 16.9 Å². The number of rotatable bonds is 6. The molecule has 1 N–H and O–H groups in total. The summed E-state index contributed by atoms with van der Waals surface area (Å²) in [4.78, 5) is 36.6. The van der Waals surface area contributed by atoms with Gasteiger partial charge in [-0.1, -0.05) is 12.6 Å². The molecule has 2 aromatic heterocycles. The number of fused-ring (bicyclic) bond motifs is 1. The molecule has 5 rings (SSSR count). The smallest absolute Gasteiger partial charge is 0.258 e. The maximum atomic E-state index is 13.3. The molecule has 0 radical (unpaired) electrons. The number of carbonyl (C=O) groups is 2. The van der Waals surface area contributed by atoms with Crippen molar-refractivity contribution in [1.29, 1.82) is 0 Å². The van der Waals surface area contributed by atoms with Crippen molar-refractivity contribution in [3.63, 3.8) is 0 Å². The number of nitrogens with one attached hydrogen (secondary N) is 1. The fraction of sp³-hybridized carbons (Fsp3) is 0.429. The third-order valence-electron chi connectivity index (χ3n) is 7.35. The predicted octanol–water partition coefficient (Wildman–Crippen LogP) is 3.69. The molecule has 206 valence electrons. The molecule has 39 heavy (non-hydrogen) atoms. The quantitative estimate of drug-likeness (QED) is 0.464. The minimum atomic E-state index is -3.03. The number of ether oxygens (including phenoxy) is 1. The molecule has 0 bridgehead atoms. The van der Waals surface area contributed by atoms with Gasteiger partial charge in [-0.3, -0.25) is 19.9 Å². The fourth-order valence-electron chi connectivity index (χ4n) is 5.34. The van der Waals surface area contributed by atoms with E-state index >= 15 is 0 Å². The summed E-state index contributed by atoms with van der Waals surface area (Å²) in [7, 11) is -3.03. The number of likely N-dealkylation sites (tertiary alicyclic amines) is 1. The molecule has 2 fully saturated rings. The van der Waals surface area contributed by atoms with Gasteiger partial charge in [0.25, 0.3) is 5.91 Å². The fourth-order valence-corrected chi connectivity index (χ4v) is 6.79. The summed E-state index contributed by atoms with van der Waals surface area (Å²) in [5.74, 6) is 0.690. The van der Waals surface area contributed by atoms with Crippen LogP contribution in [-0.2, 0) is 14.6 Å². The van der Waals surface area contributed by atoms with Gasteiger partial charge in [0.1, 0.15) is 17.4 Å². The van der Waals surface area contributed by atoms with Gasteiger partial charge in [0, 0.05) is 30.5 Å². The predicted molar refractivity (Wildman–Crippen MR) is 149 cm³/mol. The van der Waals surface area contributed by atoms with Gasteiger partial charge >= 0.3 is 0 Å². The number of nitrogens with zero attached hydrogens (tertiary/aromatic N) is 4. The Morgan fingerprint density at radius 3 is 2.69 bits per heavy atom. The summed E-state index contributed by atoms with van der Waals surface area (Å²) < 4.78 is 32.3. The van der Waals surface area contributed by atoms with Gasteiger partial charge in [0.05, 0.1) is 23.1 Å². The number of para-hydroxylation sites is 1. The number of imidazole rings is 1. The first-order chi connectivity index (χ1) is 18.7. The Hall–Kier alpha value is -3.73. The average Bonchev–Trinajstić information content (AvgIpc) is 3.10. The van der Waals surface area contributed by atoms with Crippen LogP contribution >= 0.6 is 0 Å². The molecule has 1 aromatic carbocycles. The number of aromatic nitrogens is 3. The largest absolute Gasteiger partial charge is 0.488 e. The van der Waals surface area contributed by atoms with Crippen molar-refractivity contribution in [2.75, 3.05) is 29.9 Å². The highest BCUT2D eigenvalue weighted by Gasteiger charge is 2.30. The molecule has 4 heterocycles. The van der Waals surface area contributed by atoms with E-state index in [1.165, 1.54) is 6.08 Å². The molecule has 0 spiro atoms. The molecule has 11 heteroatoms. The maximum absolute atomic E-state index is 13.3.